The molecule has 0 aromatic heterocycles. The second-order valence-corrected chi connectivity index (χ2v) is 6.57. The van der Waals surface area contributed by atoms with Gasteiger partial charge < -0.3 is 14.8 Å². The van der Waals surface area contributed by atoms with Gasteiger partial charge in [0.25, 0.3) is 5.91 Å². The van der Waals surface area contributed by atoms with Gasteiger partial charge in [-0.3, -0.25) is 4.79 Å². The third kappa shape index (κ3) is 5.24. The molecule has 0 spiro atoms. The number of rotatable bonds is 7. The first-order valence-electron chi connectivity index (χ1n) is 8.74. The molecule has 1 fully saturated rings. The van der Waals surface area contributed by atoms with Crippen LogP contribution in [0.2, 0.25) is 0 Å². The molecule has 1 heterocycles. The van der Waals surface area contributed by atoms with Gasteiger partial charge >= 0.3 is 0 Å². The van der Waals surface area contributed by atoms with Crippen molar-refractivity contribution in [3.05, 3.63) is 29.8 Å². The van der Waals surface area contributed by atoms with E-state index in [1.165, 1.54) is 0 Å². The van der Waals surface area contributed by atoms with Crippen molar-refractivity contribution < 1.29 is 14.3 Å². The van der Waals surface area contributed by atoms with Gasteiger partial charge in [0.15, 0.2) is 0 Å². The summed E-state index contributed by atoms with van der Waals surface area (Å²) in [5, 5.41) is 3.06. The van der Waals surface area contributed by atoms with Crippen molar-refractivity contribution in [2.45, 2.75) is 46.1 Å². The average molecular weight is 319 g/mol. The van der Waals surface area contributed by atoms with Gasteiger partial charge in [-0.2, -0.15) is 0 Å². The molecule has 23 heavy (non-hydrogen) atoms. The molecule has 1 saturated heterocycles. The second kappa shape index (κ2) is 8.92. The fourth-order valence-electron chi connectivity index (χ4n) is 3.09. The highest BCUT2D eigenvalue weighted by Gasteiger charge is 2.28. The summed E-state index contributed by atoms with van der Waals surface area (Å²) in [6.45, 7) is 8.60. The Hall–Kier alpha value is -1.55. The van der Waals surface area contributed by atoms with Gasteiger partial charge in [0.2, 0.25) is 0 Å². The number of hydrogen-bond donors (Lipinski definition) is 1. The Kier molecular flexibility index (Phi) is 6.90. The van der Waals surface area contributed by atoms with Crippen LogP contribution in [-0.4, -0.2) is 31.8 Å². The number of hydrogen-bond acceptors (Lipinski definition) is 3. The Labute approximate surface area is 139 Å². The summed E-state index contributed by atoms with van der Waals surface area (Å²) in [7, 11) is 0. The summed E-state index contributed by atoms with van der Waals surface area (Å²) in [6, 6.07) is 7.38. The predicted molar refractivity (Wildman–Crippen MR) is 91.9 cm³/mol. The van der Waals surface area contributed by atoms with Gasteiger partial charge in [0, 0.05) is 24.6 Å². The molecule has 1 aliphatic heterocycles. The fraction of sp³-hybridized carbons (Fsp3) is 0.632. The Balaban J connectivity index is 1.91. The van der Waals surface area contributed by atoms with Gasteiger partial charge in [-0.25, -0.2) is 0 Å². The van der Waals surface area contributed by atoms with Crippen molar-refractivity contribution in [3.63, 3.8) is 0 Å². The molecule has 1 aliphatic rings. The highest BCUT2D eigenvalue weighted by atomic mass is 16.5. The van der Waals surface area contributed by atoms with Crippen molar-refractivity contribution in [2.24, 2.45) is 11.8 Å². The van der Waals surface area contributed by atoms with Gasteiger partial charge in [0.05, 0.1) is 12.7 Å². The molecule has 1 aromatic rings. The quantitative estimate of drug-likeness (QED) is 0.834. The van der Waals surface area contributed by atoms with E-state index >= 15 is 0 Å². The van der Waals surface area contributed by atoms with Gasteiger partial charge in [-0.15, -0.1) is 0 Å². The summed E-state index contributed by atoms with van der Waals surface area (Å²) in [4.78, 5) is 12.4. The van der Waals surface area contributed by atoms with E-state index in [2.05, 4.69) is 26.1 Å². The summed E-state index contributed by atoms with van der Waals surface area (Å²) >= 11 is 0. The van der Waals surface area contributed by atoms with E-state index in [1.807, 2.05) is 24.3 Å². The van der Waals surface area contributed by atoms with Crippen LogP contribution in [0.4, 0.5) is 0 Å². The summed E-state index contributed by atoms with van der Waals surface area (Å²) in [5.74, 6) is 1.58. The predicted octanol–water partition coefficient (Wildman–Crippen LogP) is 3.66. The van der Waals surface area contributed by atoms with Crippen LogP contribution in [-0.2, 0) is 4.74 Å². The highest BCUT2D eigenvalue weighted by Crippen LogP contribution is 2.25. The zero-order chi connectivity index (χ0) is 16.7. The molecule has 4 nitrogen and oxygen atoms in total. The second-order valence-electron chi connectivity index (χ2n) is 6.57. The maximum atomic E-state index is 12.4. The van der Waals surface area contributed by atoms with E-state index in [0.29, 0.717) is 30.6 Å². The lowest BCUT2D eigenvalue weighted by atomic mass is 9.87. The standard InChI is InChI=1S/C19H29NO3/c1-4-10-22-17-9-5-7-15(12-17)19(21)20-13-16-8-6-11-23-18(16)14(2)3/h5,7,9,12,14,16,18H,4,6,8,10-11,13H2,1-3H3,(H,20,21)/t16-,18-/m0/s1. The summed E-state index contributed by atoms with van der Waals surface area (Å²) in [6.07, 6.45) is 3.38. The van der Waals surface area contributed by atoms with Crippen molar-refractivity contribution in [3.8, 4) is 5.75 Å². The first kappa shape index (κ1) is 17.8. The molecule has 128 valence electrons. The van der Waals surface area contributed by atoms with Crippen molar-refractivity contribution in [2.75, 3.05) is 19.8 Å². The molecule has 1 amide bonds. The number of carbonyl (C=O) groups is 1. The molecule has 1 aromatic carbocycles. The van der Waals surface area contributed by atoms with Crippen LogP contribution in [0.25, 0.3) is 0 Å². The third-order valence-corrected chi connectivity index (χ3v) is 4.25. The lowest BCUT2D eigenvalue weighted by Crippen LogP contribution is -2.41. The largest absolute Gasteiger partial charge is 0.494 e. The monoisotopic (exact) mass is 319 g/mol. The average Bonchev–Trinajstić information content (AvgIpc) is 2.58. The van der Waals surface area contributed by atoms with Crippen molar-refractivity contribution in [1.82, 2.24) is 5.32 Å². The first-order valence-corrected chi connectivity index (χ1v) is 8.74. The van der Waals surface area contributed by atoms with E-state index in [4.69, 9.17) is 9.47 Å². The molecular formula is C19H29NO3. The molecule has 0 unspecified atom stereocenters. The number of carbonyl (C=O) groups excluding carboxylic acids is 1. The van der Waals surface area contributed by atoms with Crippen LogP contribution in [0, 0.1) is 11.8 Å². The Morgan fingerprint density at radius 3 is 3.00 bits per heavy atom. The van der Waals surface area contributed by atoms with E-state index in [1.54, 1.807) is 0 Å². The van der Waals surface area contributed by atoms with Crippen LogP contribution < -0.4 is 10.1 Å². The van der Waals surface area contributed by atoms with Crippen molar-refractivity contribution >= 4 is 5.91 Å². The molecule has 2 rings (SSSR count). The van der Waals surface area contributed by atoms with Crippen LogP contribution in [0.15, 0.2) is 24.3 Å². The molecule has 0 radical (unpaired) electrons. The molecule has 2 atom stereocenters. The summed E-state index contributed by atoms with van der Waals surface area (Å²) in [5.41, 5.74) is 0.649. The van der Waals surface area contributed by atoms with E-state index in [-0.39, 0.29) is 12.0 Å². The number of benzene rings is 1. The molecule has 0 aliphatic carbocycles. The zero-order valence-electron chi connectivity index (χ0n) is 14.5. The van der Waals surface area contributed by atoms with Gasteiger partial charge in [0.1, 0.15) is 5.75 Å². The van der Waals surface area contributed by atoms with Crippen LogP contribution >= 0.6 is 0 Å². The number of amides is 1. The molecular weight excluding hydrogens is 290 g/mol. The lowest BCUT2D eigenvalue weighted by molar-refractivity contribution is -0.0510. The van der Waals surface area contributed by atoms with Crippen LogP contribution in [0.1, 0.15) is 50.4 Å². The fourth-order valence-corrected chi connectivity index (χ4v) is 3.09. The maximum Gasteiger partial charge on any atom is 0.251 e. The summed E-state index contributed by atoms with van der Waals surface area (Å²) < 4.78 is 11.5. The van der Waals surface area contributed by atoms with E-state index in [0.717, 1.165) is 31.6 Å². The minimum absolute atomic E-state index is 0.0416. The normalized spacial score (nSPS) is 21.2. The highest BCUT2D eigenvalue weighted by molar-refractivity contribution is 5.94. The number of ether oxygens (including phenoxy) is 2. The minimum atomic E-state index is -0.0416. The Bertz CT molecular complexity index is 501. The smallest absolute Gasteiger partial charge is 0.251 e. The van der Waals surface area contributed by atoms with Crippen LogP contribution in [0.3, 0.4) is 0 Å². The Morgan fingerprint density at radius 2 is 2.26 bits per heavy atom. The van der Waals surface area contributed by atoms with Crippen LogP contribution in [0.5, 0.6) is 5.75 Å². The lowest BCUT2D eigenvalue weighted by Gasteiger charge is -2.34. The first-order chi connectivity index (χ1) is 11.1. The van der Waals surface area contributed by atoms with Gasteiger partial charge in [-0.05, 0) is 43.4 Å². The molecule has 0 saturated carbocycles. The van der Waals surface area contributed by atoms with E-state index < -0.39 is 0 Å². The zero-order valence-corrected chi connectivity index (χ0v) is 14.5. The maximum absolute atomic E-state index is 12.4. The van der Waals surface area contributed by atoms with E-state index in [9.17, 15) is 4.79 Å². The van der Waals surface area contributed by atoms with Gasteiger partial charge in [-0.1, -0.05) is 26.8 Å². The third-order valence-electron chi connectivity index (χ3n) is 4.25. The Morgan fingerprint density at radius 1 is 1.43 bits per heavy atom. The molecule has 1 N–H and O–H groups in total. The minimum Gasteiger partial charge on any atom is -0.494 e. The molecule has 4 heteroatoms. The SMILES string of the molecule is CCCOc1cccc(C(=O)NC[C@@H]2CCCO[C@H]2C(C)C)c1. The molecule has 0 bridgehead atoms. The number of nitrogens with one attached hydrogen (secondary N) is 1. The topological polar surface area (TPSA) is 47.6 Å². The van der Waals surface area contributed by atoms with Crippen molar-refractivity contribution in [1.29, 1.82) is 0 Å².